The minimum atomic E-state index is -0.432. The Kier molecular flexibility index (Phi) is 6.17. The van der Waals surface area contributed by atoms with E-state index in [2.05, 4.69) is 0 Å². The van der Waals surface area contributed by atoms with Crippen LogP contribution in [0.3, 0.4) is 0 Å². The number of anilines is 2. The summed E-state index contributed by atoms with van der Waals surface area (Å²) in [7, 11) is 1.70. The third-order valence-corrected chi connectivity index (χ3v) is 3.02. The van der Waals surface area contributed by atoms with Crippen molar-refractivity contribution in [1.29, 1.82) is 0 Å². The highest BCUT2D eigenvalue weighted by atomic mass is 16.2. The molecule has 0 aliphatic heterocycles. The first-order valence-electron chi connectivity index (χ1n) is 6.92. The van der Waals surface area contributed by atoms with E-state index in [-0.39, 0.29) is 19.0 Å². The Hall–Kier alpha value is -2.08. The molecular weight excluding hydrogens is 268 g/mol. The Balaban J connectivity index is 2.71. The molecule has 6 nitrogen and oxygen atoms in total. The average molecular weight is 292 g/mol. The van der Waals surface area contributed by atoms with Crippen LogP contribution in [0.2, 0.25) is 0 Å². The lowest BCUT2D eigenvalue weighted by molar-refractivity contribution is -0.122. The minimum absolute atomic E-state index is 0.0828. The van der Waals surface area contributed by atoms with Gasteiger partial charge in [-0.15, -0.1) is 0 Å². The van der Waals surface area contributed by atoms with Gasteiger partial charge in [-0.3, -0.25) is 14.5 Å². The zero-order valence-electron chi connectivity index (χ0n) is 12.9. The summed E-state index contributed by atoms with van der Waals surface area (Å²) in [5.41, 5.74) is 12.3. The van der Waals surface area contributed by atoms with Gasteiger partial charge in [0.05, 0.1) is 13.1 Å². The summed E-state index contributed by atoms with van der Waals surface area (Å²) >= 11 is 0. The van der Waals surface area contributed by atoms with Gasteiger partial charge in [-0.05, 0) is 30.2 Å². The molecule has 0 heterocycles. The first-order valence-corrected chi connectivity index (χ1v) is 6.92. The Morgan fingerprint density at radius 1 is 1.14 bits per heavy atom. The molecule has 0 bridgehead atoms. The summed E-state index contributed by atoms with van der Waals surface area (Å²) in [6.45, 7) is 4.94. The average Bonchev–Trinajstić information content (AvgIpc) is 2.37. The van der Waals surface area contributed by atoms with Gasteiger partial charge in [-0.2, -0.15) is 0 Å². The maximum atomic E-state index is 12.3. The largest absolute Gasteiger partial charge is 0.399 e. The Morgan fingerprint density at radius 3 is 2.19 bits per heavy atom. The number of nitrogen functional groups attached to an aromatic ring is 1. The van der Waals surface area contributed by atoms with Crippen LogP contribution in [0.1, 0.15) is 13.8 Å². The third kappa shape index (κ3) is 5.83. The molecule has 0 aromatic heterocycles. The smallest absolute Gasteiger partial charge is 0.240 e. The number of benzene rings is 1. The molecule has 0 unspecified atom stereocenters. The van der Waals surface area contributed by atoms with E-state index in [9.17, 15) is 9.59 Å². The normalized spacial score (nSPS) is 10.9. The monoisotopic (exact) mass is 292 g/mol. The van der Waals surface area contributed by atoms with Gasteiger partial charge in [-0.1, -0.05) is 13.8 Å². The number of primary amides is 1. The Morgan fingerprint density at radius 2 is 1.71 bits per heavy atom. The molecule has 0 spiro atoms. The number of hydrogen-bond acceptors (Lipinski definition) is 4. The number of rotatable bonds is 7. The second-order valence-corrected chi connectivity index (χ2v) is 5.57. The van der Waals surface area contributed by atoms with E-state index < -0.39 is 5.91 Å². The molecule has 0 atom stereocenters. The quantitative estimate of drug-likeness (QED) is 0.723. The summed E-state index contributed by atoms with van der Waals surface area (Å²) in [6, 6.07) is 7.06. The summed E-state index contributed by atoms with van der Waals surface area (Å²) in [4.78, 5) is 26.7. The van der Waals surface area contributed by atoms with Gasteiger partial charge >= 0.3 is 0 Å². The number of likely N-dealkylation sites (N-methyl/N-ethyl adjacent to an activating group) is 1. The zero-order chi connectivity index (χ0) is 16.0. The molecule has 1 rings (SSSR count). The zero-order valence-corrected chi connectivity index (χ0v) is 12.9. The van der Waals surface area contributed by atoms with E-state index in [4.69, 9.17) is 11.5 Å². The topological polar surface area (TPSA) is 92.7 Å². The Labute approximate surface area is 125 Å². The second kappa shape index (κ2) is 7.64. The van der Waals surface area contributed by atoms with E-state index in [1.165, 1.54) is 0 Å². The summed E-state index contributed by atoms with van der Waals surface area (Å²) in [6.07, 6.45) is 0. The highest BCUT2D eigenvalue weighted by Crippen LogP contribution is 2.15. The lowest BCUT2D eigenvalue weighted by Crippen LogP contribution is -2.43. The molecule has 6 heteroatoms. The van der Waals surface area contributed by atoms with Crippen molar-refractivity contribution in [3.05, 3.63) is 24.3 Å². The molecule has 4 N–H and O–H groups in total. The van der Waals surface area contributed by atoms with Crippen LogP contribution in [0, 0.1) is 5.92 Å². The van der Waals surface area contributed by atoms with Crippen molar-refractivity contribution in [3.8, 4) is 0 Å². The number of carbonyl (C=O) groups is 2. The third-order valence-electron chi connectivity index (χ3n) is 3.02. The van der Waals surface area contributed by atoms with Gasteiger partial charge in [0, 0.05) is 25.0 Å². The van der Waals surface area contributed by atoms with Gasteiger partial charge in [-0.25, -0.2) is 0 Å². The maximum Gasteiger partial charge on any atom is 0.240 e. The highest BCUT2D eigenvalue weighted by Gasteiger charge is 2.18. The summed E-state index contributed by atoms with van der Waals surface area (Å²) in [5, 5.41) is 0. The van der Waals surface area contributed by atoms with Gasteiger partial charge in [0.25, 0.3) is 0 Å². The van der Waals surface area contributed by atoms with Crippen LogP contribution < -0.4 is 16.4 Å². The van der Waals surface area contributed by atoms with E-state index in [1.54, 1.807) is 41.1 Å². The van der Waals surface area contributed by atoms with Crippen LogP contribution >= 0.6 is 0 Å². The van der Waals surface area contributed by atoms with Gasteiger partial charge < -0.3 is 16.4 Å². The molecule has 0 saturated carbocycles. The van der Waals surface area contributed by atoms with Gasteiger partial charge in [0.1, 0.15) is 0 Å². The van der Waals surface area contributed by atoms with Crippen molar-refractivity contribution in [2.75, 3.05) is 37.3 Å². The molecule has 116 valence electrons. The number of hydrogen-bond donors (Lipinski definition) is 2. The second-order valence-electron chi connectivity index (χ2n) is 5.57. The lowest BCUT2D eigenvalue weighted by Gasteiger charge is -2.25. The molecular formula is C15H24N4O2. The van der Waals surface area contributed by atoms with Crippen molar-refractivity contribution < 1.29 is 9.59 Å². The minimum Gasteiger partial charge on any atom is -0.399 e. The predicted octanol–water partition coefficient (Wildman–Crippen LogP) is 0.675. The van der Waals surface area contributed by atoms with Crippen molar-refractivity contribution in [3.63, 3.8) is 0 Å². The number of nitrogens with two attached hydrogens (primary N) is 2. The van der Waals surface area contributed by atoms with E-state index >= 15 is 0 Å². The molecule has 1 aromatic rings. The number of amides is 2. The highest BCUT2D eigenvalue weighted by molar-refractivity contribution is 5.94. The molecule has 1 aromatic carbocycles. The molecule has 0 fully saturated rings. The first kappa shape index (κ1) is 17.0. The van der Waals surface area contributed by atoms with Crippen LogP contribution in [0.4, 0.5) is 11.4 Å². The summed E-state index contributed by atoms with van der Waals surface area (Å²) in [5.74, 6) is -0.181. The Bertz CT molecular complexity index is 485. The van der Waals surface area contributed by atoms with Crippen molar-refractivity contribution >= 4 is 23.2 Å². The van der Waals surface area contributed by atoms with Crippen LogP contribution in [0.5, 0.6) is 0 Å². The molecule has 2 amide bonds. The molecule has 0 aliphatic carbocycles. The molecule has 0 aliphatic rings. The van der Waals surface area contributed by atoms with Crippen molar-refractivity contribution in [2.24, 2.45) is 11.7 Å². The van der Waals surface area contributed by atoms with Crippen LogP contribution in [0.25, 0.3) is 0 Å². The standard InChI is InChI=1S/C15H24N4O2/c1-11(2)8-19(9-14(17)20)10-15(21)18(3)13-6-4-12(16)5-7-13/h4-7,11H,8-10,16H2,1-3H3,(H2,17,20). The predicted molar refractivity (Wildman–Crippen MR) is 84.7 cm³/mol. The molecule has 0 radical (unpaired) electrons. The first-order chi connectivity index (χ1) is 9.79. The van der Waals surface area contributed by atoms with E-state index in [0.717, 1.165) is 5.69 Å². The van der Waals surface area contributed by atoms with Gasteiger partial charge in [0.15, 0.2) is 0 Å². The van der Waals surface area contributed by atoms with Crippen molar-refractivity contribution in [1.82, 2.24) is 4.90 Å². The maximum absolute atomic E-state index is 12.3. The number of carbonyl (C=O) groups excluding carboxylic acids is 2. The van der Waals surface area contributed by atoms with Crippen molar-refractivity contribution in [2.45, 2.75) is 13.8 Å². The van der Waals surface area contributed by atoms with E-state index in [0.29, 0.717) is 18.2 Å². The fourth-order valence-corrected chi connectivity index (χ4v) is 2.06. The fourth-order valence-electron chi connectivity index (χ4n) is 2.06. The summed E-state index contributed by atoms with van der Waals surface area (Å²) < 4.78 is 0. The number of nitrogens with zero attached hydrogens (tertiary/aromatic N) is 2. The van der Waals surface area contributed by atoms with Crippen LogP contribution in [-0.4, -0.2) is 43.4 Å². The molecule has 21 heavy (non-hydrogen) atoms. The SMILES string of the molecule is CC(C)CN(CC(N)=O)CC(=O)N(C)c1ccc(N)cc1. The molecule has 0 saturated heterocycles. The fraction of sp³-hybridized carbons (Fsp3) is 0.467. The van der Waals surface area contributed by atoms with Gasteiger partial charge in [0.2, 0.25) is 11.8 Å². The van der Waals surface area contributed by atoms with Crippen LogP contribution in [-0.2, 0) is 9.59 Å². The van der Waals surface area contributed by atoms with Crippen LogP contribution in [0.15, 0.2) is 24.3 Å². The van der Waals surface area contributed by atoms with E-state index in [1.807, 2.05) is 13.8 Å². The lowest BCUT2D eigenvalue weighted by atomic mass is 10.2.